The van der Waals surface area contributed by atoms with Crippen LogP contribution in [-0.4, -0.2) is 29.4 Å². The summed E-state index contributed by atoms with van der Waals surface area (Å²) in [6.07, 6.45) is 16.9. The van der Waals surface area contributed by atoms with Crippen LogP contribution in [0.1, 0.15) is 65.7 Å². The molecular formula is C24H36O5. The first-order valence-electron chi connectivity index (χ1n) is 10.7. The van der Waals surface area contributed by atoms with Crippen molar-refractivity contribution in [3.8, 4) is 0 Å². The number of aldehydes is 1. The lowest BCUT2D eigenvalue weighted by Gasteiger charge is -2.27. The van der Waals surface area contributed by atoms with Crippen LogP contribution >= 0.6 is 0 Å². The molecule has 0 bridgehead atoms. The van der Waals surface area contributed by atoms with Crippen molar-refractivity contribution < 1.29 is 24.2 Å². The van der Waals surface area contributed by atoms with E-state index in [9.17, 15) is 19.5 Å². The van der Waals surface area contributed by atoms with E-state index >= 15 is 0 Å². The molecule has 1 rings (SSSR count). The van der Waals surface area contributed by atoms with Crippen LogP contribution < -0.4 is 0 Å². The molecule has 5 nitrogen and oxygen atoms in total. The minimum Gasteiger partial charge on any atom is -0.436 e. The maximum Gasteiger partial charge on any atom is 0.304 e. The van der Waals surface area contributed by atoms with E-state index in [-0.39, 0.29) is 29.5 Å². The molecule has 0 spiro atoms. The molecule has 0 aromatic rings. The summed E-state index contributed by atoms with van der Waals surface area (Å²) in [6.45, 7) is 5.45. The number of esters is 1. The van der Waals surface area contributed by atoms with Gasteiger partial charge in [0.2, 0.25) is 6.29 Å². The van der Waals surface area contributed by atoms with Gasteiger partial charge in [0, 0.05) is 31.1 Å². The third-order valence-electron chi connectivity index (χ3n) is 5.46. The summed E-state index contributed by atoms with van der Waals surface area (Å²) in [5, 5.41) is 10.3. The Morgan fingerprint density at radius 2 is 2.03 bits per heavy atom. The molecule has 0 aliphatic heterocycles. The van der Waals surface area contributed by atoms with Gasteiger partial charge in [0.05, 0.1) is 0 Å². The average Bonchev–Trinajstić information content (AvgIpc) is 3.01. The maximum absolute atomic E-state index is 12.2. The number of carbonyl (C=O) groups excluding carboxylic acids is 3. The minimum absolute atomic E-state index is 0.0372. The highest BCUT2D eigenvalue weighted by atomic mass is 16.6. The molecule has 0 heterocycles. The van der Waals surface area contributed by atoms with E-state index in [2.05, 4.69) is 13.8 Å². The van der Waals surface area contributed by atoms with Gasteiger partial charge in [0.25, 0.3) is 0 Å². The summed E-state index contributed by atoms with van der Waals surface area (Å²) in [6, 6.07) is 0. The molecule has 1 aliphatic carbocycles. The molecule has 5 atom stereocenters. The first kappa shape index (κ1) is 25.0. The van der Waals surface area contributed by atoms with Crippen LogP contribution in [0.3, 0.4) is 0 Å². The molecule has 3 unspecified atom stereocenters. The van der Waals surface area contributed by atoms with Crippen molar-refractivity contribution in [1.29, 1.82) is 0 Å². The molecule has 1 N–H and O–H groups in total. The number of aliphatic hydroxyl groups excluding tert-OH is 1. The molecule has 29 heavy (non-hydrogen) atoms. The van der Waals surface area contributed by atoms with Crippen molar-refractivity contribution in [3.63, 3.8) is 0 Å². The van der Waals surface area contributed by atoms with E-state index in [1.165, 1.54) is 6.92 Å². The van der Waals surface area contributed by atoms with Gasteiger partial charge in [-0.2, -0.15) is 0 Å². The van der Waals surface area contributed by atoms with Gasteiger partial charge in [-0.05, 0) is 37.7 Å². The standard InChI is InChI=1S/C24H36O5/c1-4-11-18(2)21(24(28)29-19(3)26)14-10-12-20-15-16-23(27)22(20)13-8-6-5-7-9-17-25/h6,8,10,12,15-18,20-22,24,28H,4-5,7,9,11,13-14H2,1-3H3/t18?,20-,21?,22+,24?/m0/s1. The zero-order chi connectivity index (χ0) is 21.6. The summed E-state index contributed by atoms with van der Waals surface area (Å²) in [5.74, 6) is -0.377. The lowest BCUT2D eigenvalue weighted by atomic mass is 9.85. The Morgan fingerprint density at radius 3 is 2.69 bits per heavy atom. The second-order valence-electron chi connectivity index (χ2n) is 7.84. The largest absolute Gasteiger partial charge is 0.436 e. The second kappa shape index (κ2) is 14.0. The number of rotatable bonds is 14. The highest BCUT2D eigenvalue weighted by molar-refractivity contribution is 5.95. The highest BCUT2D eigenvalue weighted by Gasteiger charge is 2.28. The molecule has 5 heteroatoms. The Kier molecular flexibility index (Phi) is 12.1. The monoisotopic (exact) mass is 404 g/mol. The molecule has 1 aliphatic rings. The molecule has 0 aromatic heterocycles. The zero-order valence-electron chi connectivity index (χ0n) is 18.0. The Balaban J connectivity index is 2.65. The summed E-state index contributed by atoms with van der Waals surface area (Å²) < 4.78 is 5.02. The van der Waals surface area contributed by atoms with E-state index in [4.69, 9.17) is 4.74 Å². The van der Waals surface area contributed by atoms with Crippen molar-refractivity contribution in [3.05, 3.63) is 36.5 Å². The lowest BCUT2D eigenvalue weighted by Crippen LogP contribution is -2.30. The normalized spacial score (nSPS) is 22.3. The fourth-order valence-electron chi connectivity index (χ4n) is 3.75. The van der Waals surface area contributed by atoms with Crippen LogP contribution in [0, 0.1) is 23.7 Å². The van der Waals surface area contributed by atoms with E-state index in [0.29, 0.717) is 19.3 Å². The number of unbranched alkanes of at least 4 members (excludes halogenated alkanes) is 2. The lowest BCUT2D eigenvalue weighted by molar-refractivity contribution is -0.178. The quantitative estimate of drug-likeness (QED) is 0.151. The smallest absolute Gasteiger partial charge is 0.304 e. The van der Waals surface area contributed by atoms with Crippen LogP contribution in [-0.2, 0) is 19.1 Å². The number of allylic oxidation sites excluding steroid dienone is 6. The van der Waals surface area contributed by atoms with Crippen LogP contribution in [0.5, 0.6) is 0 Å². The second-order valence-corrected chi connectivity index (χ2v) is 7.84. The van der Waals surface area contributed by atoms with Crippen molar-refractivity contribution in [2.75, 3.05) is 0 Å². The Labute approximate surface area is 174 Å². The highest BCUT2D eigenvalue weighted by Crippen LogP contribution is 2.29. The van der Waals surface area contributed by atoms with Crippen molar-refractivity contribution in [2.45, 2.75) is 72.0 Å². The van der Waals surface area contributed by atoms with Crippen molar-refractivity contribution in [2.24, 2.45) is 23.7 Å². The molecule has 0 radical (unpaired) electrons. The van der Waals surface area contributed by atoms with E-state index < -0.39 is 12.3 Å². The molecular weight excluding hydrogens is 368 g/mol. The van der Waals surface area contributed by atoms with Gasteiger partial charge in [0.1, 0.15) is 6.29 Å². The number of ether oxygens (including phenoxy) is 1. The summed E-state index contributed by atoms with van der Waals surface area (Å²) in [5.41, 5.74) is 0. The zero-order valence-corrected chi connectivity index (χ0v) is 18.0. The maximum atomic E-state index is 12.2. The van der Waals surface area contributed by atoms with Gasteiger partial charge >= 0.3 is 5.97 Å². The number of hydrogen-bond acceptors (Lipinski definition) is 5. The van der Waals surface area contributed by atoms with Crippen LogP contribution in [0.4, 0.5) is 0 Å². The third-order valence-corrected chi connectivity index (χ3v) is 5.46. The van der Waals surface area contributed by atoms with Crippen molar-refractivity contribution >= 4 is 18.0 Å². The fourth-order valence-corrected chi connectivity index (χ4v) is 3.75. The number of ketones is 1. The Hall–Kier alpha value is -2.01. The Morgan fingerprint density at radius 1 is 1.28 bits per heavy atom. The Bertz CT molecular complexity index is 604. The van der Waals surface area contributed by atoms with Gasteiger partial charge in [-0.1, -0.05) is 57.1 Å². The van der Waals surface area contributed by atoms with E-state index in [1.54, 1.807) is 6.08 Å². The summed E-state index contributed by atoms with van der Waals surface area (Å²) in [7, 11) is 0. The molecule has 0 fully saturated rings. The van der Waals surface area contributed by atoms with Crippen LogP contribution in [0.25, 0.3) is 0 Å². The van der Waals surface area contributed by atoms with E-state index in [0.717, 1.165) is 32.0 Å². The van der Waals surface area contributed by atoms with Gasteiger partial charge in [-0.25, -0.2) is 0 Å². The van der Waals surface area contributed by atoms with Gasteiger partial charge in [0.15, 0.2) is 5.78 Å². The predicted octanol–water partition coefficient (Wildman–Crippen LogP) is 4.55. The first-order chi connectivity index (χ1) is 13.9. The topological polar surface area (TPSA) is 80.7 Å². The number of hydrogen-bond donors (Lipinski definition) is 1. The fraction of sp³-hybridized carbons (Fsp3) is 0.625. The number of aliphatic hydroxyl groups is 1. The molecule has 0 saturated heterocycles. The SMILES string of the molecule is CCCC(C)C(CC=C[C@H]1C=CC(=O)[C@@H]1CC=CCCCC=O)C(O)OC(C)=O. The van der Waals surface area contributed by atoms with Gasteiger partial charge < -0.3 is 14.6 Å². The third kappa shape index (κ3) is 9.35. The van der Waals surface area contributed by atoms with Gasteiger partial charge in [-0.3, -0.25) is 9.59 Å². The van der Waals surface area contributed by atoms with Crippen LogP contribution in [0.2, 0.25) is 0 Å². The summed E-state index contributed by atoms with van der Waals surface area (Å²) in [4.78, 5) is 33.7. The predicted molar refractivity (Wildman–Crippen MR) is 114 cm³/mol. The first-order valence-corrected chi connectivity index (χ1v) is 10.7. The van der Waals surface area contributed by atoms with Crippen LogP contribution in [0.15, 0.2) is 36.5 Å². The minimum atomic E-state index is -1.12. The van der Waals surface area contributed by atoms with E-state index in [1.807, 2.05) is 30.4 Å². The van der Waals surface area contributed by atoms with Crippen molar-refractivity contribution in [1.82, 2.24) is 0 Å². The van der Waals surface area contributed by atoms with Gasteiger partial charge in [-0.15, -0.1) is 0 Å². The molecule has 0 amide bonds. The average molecular weight is 405 g/mol. The molecule has 0 aromatic carbocycles. The molecule has 0 saturated carbocycles. The number of carbonyl (C=O) groups is 3. The molecule has 162 valence electrons. The summed E-state index contributed by atoms with van der Waals surface area (Å²) >= 11 is 0.